The Morgan fingerprint density at radius 2 is 1.72 bits per heavy atom. The fraction of sp³-hybridized carbons (Fsp3) is 0. The van der Waals surface area contributed by atoms with Gasteiger partial charge in [-0.25, -0.2) is 4.98 Å². The van der Waals surface area contributed by atoms with Gasteiger partial charge in [0, 0.05) is 23.9 Å². The van der Waals surface area contributed by atoms with Crippen molar-refractivity contribution >= 4 is 10.9 Å². The molecule has 0 aliphatic rings. The smallest absolute Gasteiger partial charge is 0.127 e. The van der Waals surface area contributed by atoms with E-state index in [-0.39, 0.29) is 5.75 Å². The van der Waals surface area contributed by atoms with Crippen molar-refractivity contribution in [1.29, 1.82) is 0 Å². The van der Waals surface area contributed by atoms with Crippen LogP contribution in [-0.4, -0.2) is 10.1 Å². The molecule has 0 aliphatic carbocycles. The standard InChI is InChI=1S/C16H11NO/c1-11-6-5-9-13-15(18)10-14(17-16(11)13)12-7-3-2-4-8-12/h1-10H,(H,17,18). The Bertz CT molecular complexity index is 705. The van der Waals surface area contributed by atoms with E-state index in [0.29, 0.717) is 16.5 Å². The van der Waals surface area contributed by atoms with Gasteiger partial charge in [-0.2, -0.15) is 0 Å². The van der Waals surface area contributed by atoms with E-state index in [1.807, 2.05) is 36.4 Å². The molecular weight excluding hydrogens is 222 g/mol. The molecule has 3 rings (SSSR count). The monoisotopic (exact) mass is 233 g/mol. The van der Waals surface area contributed by atoms with Crippen LogP contribution in [0.2, 0.25) is 0 Å². The number of pyridine rings is 1. The first-order valence-electron chi connectivity index (χ1n) is 5.69. The summed E-state index contributed by atoms with van der Waals surface area (Å²) in [6.45, 7) is 5.90. The molecule has 0 saturated carbocycles. The van der Waals surface area contributed by atoms with Gasteiger partial charge in [0.1, 0.15) is 5.75 Å². The number of para-hydroxylation sites is 1. The fourth-order valence-electron chi connectivity index (χ4n) is 2.01. The molecule has 0 fully saturated rings. The molecule has 1 heterocycles. The van der Waals surface area contributed by atoms with Gasteiger partial charge >= 0.3 is 0 Å². The van der Waals surface area contributed by atoms with E-state index in [1.165, 1.54) is 0 Å². The van der Waals surface area contributed by atoms with Gasteiger partial charge in [-0.05, 0) is 11.6 Å². The second-order valence-electron chi connectivity index (χ2n) is 4.14. The normalized spacial score (nSPS) is 10.7. The molecule has 0 amide bonds. The minimum absolute atomic E-state index is 0.200. The average Bonchev–Trinajstić information content (AvgIpc) is 2.41. The van der Waals surface area contributed by atoms with E-state index < -0.39 is 0 Å². The molecular formula is C16H11NO. The topological polar surface area (TPSA) is 33.1 Å². The fourth-order valence-corrected chi connectivity index (χ4v) is 2.01. The third-order valence-corrected chi connectivity index (χ3v) is 2.92. The molecule has 3 aromatic rings. The van der Waals surface area contributed by atoms with Crippen LogP contribution in [0.4, 0.5) is 0 Å². The highest BCUT2D eigenvalue weighted by Gasteiger charge is 2.07. The second kappa shape index (κ2) is 4.15. The molecule has 1 N–H and O–H groups in total. The SMILES string of the molecule is [CH]c1cccc2c(O)cc(-c3ccccc3)nc12. The van der Waals surface area contributed by atoms with E-state index in [0.717, 1.165) is 11.3 Å². The zero-order valence-electron chi connectivity index (χ0n) is 9.67. The van der Waals surface area contributed by atoms with Gasteiger partial charge in [0.05, 0.1) is 11.2 Å². The highest BCUT2D eigenvalue weighted by Crippen LogP contribution is 2.30. The lowest BCUT2D eigenvalue weighted by molar-refractivity contribution is 0.481. The minimum atomic E-state index is 0.200. The third kappa shape index (κ3) is 1.72. The maximum atomic E-state index is 10.0. The predicted molar refractivity (Wildman–Crippen MR) is 72.2 cm³/mol. The summed E-state index contributed by atoms with van der Waals surface area (Å²) in [4.78, 5) is 4.52. The Morgan fingerprint density at radius 3 is 2.50 bits per heavy atom. The van der Waals surface area contributed by atoms with Crippen LogP contribution in [0.3, 0.4) is 0 Å². The maximum absolute atomic E-state index is 10.0. The summed E-state index contributed by atoms with van der Waals surface area (Å²) in [6, 6.07) is 16.8. The number of aromatic hydroxyl groups is 1. The summed E-state index contributed by atoms with van der Waals surface area (Å²) < 4.78 is 0. The molecule has 2 aromatic carbocycles. The number of rotatable bonds is 1. The summed E-state index contributed by atoms with van der Waals surface area (Å²) >= 11 is 0. The molecule has 2 heteroatoms. The highest BCUT2D eigenvalue weighted by atomic mass is 16.3. The van der Waals surface area contributed by atoms with Crippen molar-refractivity contribution < 1.29 is 5.11 Å². The molecule has 0 aliphatic heterocycles. The first kappa shape index (κ1) is 10.8. The zero-order chi connectivity index (χ0) is 12.5. The van der Waals surface area contributed by atoms with E-state index in [2.05, 4.69) is 4.98 Å². The summed E-state index contributed by atoms with van der Waals surface area (Å²) in [7, 11) is 0. The van der Waals surface area contributed by atoms with Gasteiger partial charge in [0.2, 0.25) is 0 Å². The van der Waals surface area contributed by atoms with Crippen LogP contribution in [0.25, 0.3) is 22.2 Å². The molecule has 2 radical (unpaired) electrons. The van der Waals surface area contributed by atoms with Gasteiger partial charge in [-0.3, -0.25) is 0 Å². The lowest BCUT2D eigenvalue weighted by Gasteiger charge is -2.07. The first-order valence-corrected chi connectivity index (χ1v) is 5.69. The predicted octanol–water partition coefficient (Wildman–Crippen LogP) is 3.67. The van der Waals surface area contributed by atoms with Crippen molar-refractivity contribution in [2.75, 3.05) is 0 Å². The largest absolute Gasteiger partial charge is 0.507 e. The van der Waals surface area contributed by atoms with Crippen LogP contribution in [0, 0.1) is 6.92 Å². The van der Waals surface area contributed by atoms with E-state index in [9.17, 15) is 5.11 Å². The van der Waals surface area contributed by atoms with Crippen molar-refractivity contribution in [3.8, 4) is 17.0 Å². The summed E-state index contributed by atoms with van der Waals surface area (Å²) in [5.41, 5.74) is 2.88. The quantitative estimate of drug-likeness (QED) is 0.695. The Balaban J connectivity index is 2.31. The lowest BCUT2D eigenvalue weighted by atomic mass is 10.1. The Labute approximate surface area is 106 Å². The second-order valence-corrected chi connectivity index (χ2v) is 4.14. The Kier molecular flexibility index (Phi) is 2.49. The Hall–Kier alpha value is -2.35. The van der Waals surface area contributed by atoms with Gasteiger partial charge in [0.25, 0.3) is 0 Å². The minimum Gasteiger partial charge on any atom is -0.507 e. The van der Waals surface area contributed by atoms with Crippen LogP contribution in [0.15, 0.2) is 54.6 Å². The lowest BCUT2D eigenvalue weighted by Crippen LogP contribution is -1.88. The van der Waals surface area contributed by atoms with Crippen LogP contribution >= 0.6 is 0 Å². The average molecular weight is 233 g/mol. The summed E-state index contributed by atoms with van der Waals surface area (Å²) in [5, 5.41) is 10.7. The van der Waals surface area contributed by atoms with Crippen LogP contribution in [0.5, 0.6) is 5.75 Å². The van der Waals surface area contributed by atoms with E-state index in [4.69, 9.17) is 6.92 Å². The first-order chi connectivity index (χ1) is 8.75. The van der Waals surface area contributed by atoms with Crippen LogP contribution in [0.1, 0.15) is 5.56 Å². The maximum Gasteiger partial charge on any atom is 0.127 e. The van der Waals surface area contributed by atoms with Gasteiger partial charge in [-0.1, -0.05) is 42.5 Å². The summed E-state index contributed by atoms with van der Waals surface area (Å²) in [5.74, 6) is 0.200. The molecule has 86 valence electrons. The van der Waals surface area contributed by atoms with Crippen molar-refractivity contribution in [3.05, 3.63) is 67.1 Å². The number of nitrogens with zero attached hydrogens (tertiary/aromatic N) is 1. The number of benzene rings is 2. The van der Waals surface area contributed by atoms with Crippen molar-refractivity contribution in [2.45, 2.75) is 0 Å². The molecule has 0 bridgehead atoms. The van der Waals surface area contributed by atoms with Gasteiger partial charge in [-0.15, -0.1) is 0 Å². The van der Waals surface area contributed by atoms with Gasteiger partial charge < -0.3 is 5.11 Å². The zero-order valence-corrected chi connectivity index (χ0v) is 9.67. The third-order valence-electron chi connectivity index (χ3n) is 2.92. The highest BCUT2D eigenvalue weighted by molar-refractivity contribution is 5.90. The molecule has 1 aromatic heterocycles. The number of aromatic nitrogens is 1. The molecule has 0 unspecified atom stereocenters. The molecule has 0 atom stereocenters. The number of hydrogen-bond acceptors (Lipinski definition) is 2. The molecule has 0 spiro atoms. The van der Waals surface area contributed by atoms with Crippen molar-refractivity contribution in [1.82, 2.24) is 4.98 Å². The summed E-state index contributed by atoms with van der Waals surface area (Å²) in [6.07, 6.45) is 0. The van der Waals surface area contributed by atoms with Gasteiger partial charge in [0.15, 0.2) is 0 Å². The number of hydrogen-bond donors (Lipinski definition) is 1. The number of fused-ring (bicyclic) bond motifs is 1. The molecule has 2 nitrogen and oxygen atoms in total. The Morgan fingerprint density at radius 1 is 0.944 bits per heavy atom. The van der Waals surface area contributed by atoms with Crippen LogP contribution < -0.4 is 0 Å². The molecule has 18 heavy (non-hydrogen) atoms. The van der Waals surface area contributed by atoms with Crippen molar-refractivity contribution in [2.24, 2.45) is 0 Å². The van der Waals surface area contributed by atoms with Crippen LogP contribution in [-0.2, 0) is 0 Å². The van der Waals surface area contributed by atoms with E-state index in [1.54, 1.807) is 18.2 Å². The molecule has 0 saturated heterocycles. The van der Waals surface area contributed by atoms with E-state index >= 15 is 0 Å². The van der Waals surface area contributed by atoms with Crippen molar-refractivity contribution in [3.63, 3.8) is 0 Å².